The molecule has 0 spiro atoms. The zero-order valence-electron chi connectivity index (χ0n) is 8.33. The SMILES string of the molecule is CNCc1nc2cc3c(cc2[nH]1)OCO3. The number of hydrogen-bond acceptors (Lipinski definition) is 4. The highest BCUT2D eigenvalue weighted by Crippen LogP contribution is 2.35. The second-order valence-corrected chi connectivity index (χ2v) is 3.44. The molecule has 1 aromatic heterocycles. The Morgan fingerprint density at radius 3 is 3.00 bits per heavy atom. The Hall–Kier alpha value is -1.75. The lowest BCUT2D eigenvalue weighted by Gasteiger charge is -1.93. The van der Waals surface area contributed by atoms with Crippen LogP contribution in [0, 0.1) is 0 Å². The molecule has 0 fully saturated rings. The molecule has 5 nitrogen and oxygen atoms in total. The smallest absolute Gasteiger partial charge is 0.231 e. The number of H-pyrrole nitrogens is 1. The fraction of sp³-hybridized carbons (Fsp3) is 0.300. The van der Waals surface area contributed by atoms with E-state index in [2.05, 4.69) is 15.3 Å². The molecule has 0 amide bonds. The molecule has 0 saturated heterocycles. The quantitative estimate of drug-likeness (QED) is 0.768. The Morgan fingerprint density at radius 1 is 1.40 bits per heavy atom. The lowest BCUT2D eigenvalue weighted by molar-refractivity contribution is 0.174. The molecule has 1 aromatic carbocycles. The lowest BCUT2D eigenvalue weighted by atomic mass is 10.3. The minimum atomic E-state index is 0.297. The van der Waals surface area contributed by atoms with Crippen LogP contribution in [0.25, 0.3) is 11.0 Å². The number of ether oxygens (including phenoxy) is 2. The number of imidazole rings is 1. The number of aromatic amines is 1. The van der Waals surface area contributed by atoms with E-state index in [1.54, 1.807) is 0 Å². The third-order valence-electron chi connectivity index (χ3n) is 2.37. The van der Waals surface area contributed by atoms with Crippen LogP contribution in [-0.2, 0) is 6.54 Å². The van der Waals surface area contributed by atoms with Crippen molar-refractivity contribution in [2.24, 2.45) is 0 Å². The topological polar surface area (TPSA) is 59.2 Å². The first-order valence-electron chi connectivity index (χ1n) is 4.79. The molecule has 0 radical (unpaired) electrons. The van der Waals surface area contributed by atoms with E-state index in [0.717, 1.165) is 34.9 Å². The molecule has 3 rings (SSSR count). The summed E-state index contributed by atoms with van der Waals surface area (Å²) in [4.78, 5) is 7.64. The highest BCUT2D eigenvalue weighted by Gasteiger charge is 2.15. The van der Waals surface area contributed by atoms with E-state index in [1.807, 2.05) is 19.2 Å². The summed E-state index contributed by atoms with van der Waals surface area (Å²) < 4.78 is 10.6. The van der Waals surface area contributed by atoms with E-state index in [9.17, 15) is 0 Å². The van der Waals surface area contributed by atoms with Gasteiger partial charge in [-0.25, -0.2) is 4.98 Å². The fourth-order valence-electron chi connectivity index (χ4n) is 1.70. The average molecular weight is 205 g/mol. The minimum Gasteiger partial charge on any atom is -0.454 e. The molecule has 2 heterocycles. The van der Waals surface area contributed by atoms with Gasteiger partial charge >= 0.3 is 0 Å². The van der Waals surface area contributed by atoms with Gasteiger partial charge in [0.2, 0.25) is 6.79 Å². The average Bonchev–Trinajstić information content (AvgIpc) is 2.78. The third-order valence-corrected chi connectivity index (χ3v) is 2.37. The van der Waals surface area contributed by atoms with Crippen molar-refractivity contribution < 1.29 is 9.47 Å². The number of aromatic nitrogens is 2. The molecule has 15 heavy (non-hydrogen) atoms. The predicted molar refractivity (Wildman–Crippen MR) is 55.0 cm³/mol. The monoisotopic (exact) mass is 205 g/mol. The molecule has 0 atom stereocenters. The second-order valence-electron chi connectivity index (χ2n) is 3.44. The maximum atomic E-state index is 5.29. The summed E-state index contributed by atoms with van der Waals surface area (Å²) in [5.74, 6) is 2.46. The Labute approximate surface area is 86.4 Å². The Morgan fingerprint density at radius 2 is 2.20 bits per heavy atom. The van der Waals surface area contributed by atoms with Gasteiger partial charge in [0.1, 0.15) is 5.82 Å². The molecule has 0 aliphatic carbocycles. The molecule has 5 heteroatoms. The third kappa shape index (κ3) is 1.32. The van der Waals surface area contributed by atoms with Crippen molar-refractivity contribution in [3.05, 3.63) is 18.0 Å². The van der Waals surface area contributed by atoms with Crippen LogP contribution in [0.15, 0.2) is 12.1 Å². The van der Waals surface area contributed by atoms with Crippen LogP contribution in [0.1, 0.15) is 5.82 Å². The first-order chi connectivity index (χ1) is 7.36. The highest BCUT2D eigenvalue weighted by molar-refractivity contribution is 5.80. The van der Waals surface area contributed by atoms with Gasteiger partial charge in [-0.05, 0) is 7.05 Å². The molecule has 0 saturated carbocycles. The summed E-state index contributed by atoms with van der Waals surface area (Å²) in [6, 6.07) is 3.82. The van der Waals surface area contributed by atoms with Crippen molar-refractivity contribution in [2.75, 3.05) is 13.8 Å². The molecule has 78 valence electrons. The zero-order valence-corrected chi connectivity index (χ0v) is 8.33. The van der Waals surface area contributed by atoms with Crippen LogP contribution in [0.5, 0.6) is 11.5 Å². The van der Waals surface area contributed by atoms with Crippen molar-refractivity contribution >= 4 is 11.0 Å². The van der Waals surface area contributed by atoms with Crippen molar-refractivity contribution in [2.45, 2.75) is 6.54 Å². The van der Waals surface area contributed by atoms with E-state index in [4.69, 9.17) is 9.47 Å². The summed E-state index contributed by atoms with van der Waals surface area (Å²) in [5, 5.41) is 3.05. The number of rotatable bonds is 2. The van der Waals surface area contributed by atoms with Gasteiger partial charge in [0.25, 0.3) is 0 Å². The van der Waals surface area contributed by atoms with Gasteiger partial charge in [-0.2, -0.15) is 0 Å². The first-order valence-corrected chi connectivity index (χ1v) is 4.79. The lowest BCUT2D eigenvalue weighted by Crippen LogP contribution is -2.06. The number of benzene rings is 1. The van der Waals surface area contributed by atoms with Crippen LogP contribution >= 0.6 is 0 Å². The Kier molecular flexibility index (Phi) is 1.78. The Bertz CT molecular complexity index is 466. The summed E-state index contributed by atoms with van der Waals surface area (Å²) in [7, 11) is 1.89. The number of nitrogens with one attached hydrogen (secondary N) is 2. The summed E-state index contributed by atoms with van der Waals surface area (Å²) in [5.41, 5.74) is 1.88. The van der Waals surface area contributed by atoms with Gasteiger partial charge in [-0.3, -0.25) is 0 Å². The van der Waals surface area contributed by atoms with Crippen molar-refractivity contribution in [3.8, 4) is 11.5 Å². The Balaban J connectivity index is 2.12. The molecular weight excluding hydrogens is 194 g/mol. The van der Waals surface area contributed by atoms with Crippen LogP contribution in [0.4, 0.5) is 0 Å². The maximum Gasteiger partial charge on any atom is 0.231 e. The van der Waals surface area contributed by atoms with E-state index in [0.29, 0.717) is 6.79 Å². The van der Waals surface area contributed by atoms with Gasteiger partial charge in [0.05, 0.1) is 17.6 Å². The number of hydrogen-bond donors (Lipinski definition) is 2. The van der Waals surface area contributed by atoms with Gasteiger partial charge in [-0.15, -0.1) is 0 Å². The van der Waals surface area contributed by atoms with Gasteiger partial charge in [-0.1, -0.05) is 0 Å². The van der Waals surface area contributed by atoms with Crippen molar-refractivity contribution in [1.82, 2.24) is 15.3 Å². The van der Waals surface area contributed by atoms with Crippen LogP contribution < -0.4 is 14.8 Å². The standard InChI is InChI=1S/C10H11N3O2/c1-11-4-10-12-6-2-8-9(15-5-14-8)3-7(6)13-10/h2-3,11H,4-5H2,1H3,(H,12,13). The first kappa shape index (κ1) is 8.55. The van der Waals surface area contributed by atoms with E-state index in [-0.39, 0.29) is 0 Å². The van der Waals surface area contributed by atoms with Crippen LogP contribution in [-0.4, -0.2) is 23.8 Å². The van der Waals surface area contributed by atoms with Crippen molar-refractivity contribution in [1.29, 1.82) is 0 Å². The van der Waals surface area contributed by atoms with Crippen molar-refractivity contribution in [3.63, 3.8) is 0 Å². The zero-order chi connectivity index (χ0) is 10.3. The molecule has 1 aliphatic heterocycles. The number of nitrogens with zero attached hydrogens (tertiary/aromatic N) is 1. The molecular formula is C10H11N3O2. The summed E-state index contributed by atoms with van der Waals surface area (Å²) in [6.07, 6.45) is 0. The predicted octanol–water partition coefficient (Wildman–Crippen LogP) is 1.01. The van der Waals surface area contributed by atoms with E-state index >= 15 is 0 Å². The number of fused-ring (bicyclic) bond motifs is 2. The maximum absolute atomic E-state index is 5.29. The van der Waals surface area contributed by atoms with Gasteiger partial charge in [0, 0.05) is 12.1 Å². The summed E-state index contributed by atoms with van der Waals surface area (Å²) in [6.45, 7) is 1.02. The molecule has 1 aliphatic rings. The minimum absolute atomic E-state index is 0.297. The molecule has 2 N–H and O–H groups in total. The summed E-state index contributed by atoms with van der Waals surface area (Å²) >= 11 is 0. The van der Waals surface area contributed by atoms with E-state index in [1.165, 1.54) is 0 Å². The fourth-order valence-corrected chi connectivity index (χ4v) is 1.70. The van der Waals surface area contributed by atoms with Gasteiger partial charge in [0.15, 0.2) is 11.5 Å². The van der Waals surface area contributed by atoms with Gasteiger partial charge < -0.3 is 19.8 Å². The van der Waals surface area contributed by atoms with Crippen LogP contribution in [0.2, 0.25) is 0 Å². The normalized spacial score (nSPS) is 13.7. The molecule has 2 aromatic rings. The largest absolute Gasteiger partial charge is 0.454 e. The highest BCUT2D eigenvalue weighted by atomic mass is 16.7. The molecule has 0 bridgehead atoms. The van der Waals surface area contributed by atoms with E-state index < -0.39 is 0 Å². The second kappa shape index (κ2) is 3.13. The molecule has 0 unspecified atom stereocenters. The van der Waals surface area contributed by atoms with Crippen LogP contribution in [0.3, 0.4) is 0 Å².